The third-order valence-electron chi connectivity index (χ3n) is 5.38. The van der Waals surface area contributed by atoms with Gasteiger partial charge in [-0.15, -0.1) is 0 Å². The van der Waals surface area contributed by atoms with Crippen LogP contribution in [0, 0.1) is 13.8 Å². The van der Waals surface area contributed by atoms with Gasteiger partial charge in [-0.05, 0) is 25.5 Å². The molecule has 1 N–H and O–H groups in total. The summed E-state index contributed by atoms with van der Waals surface area (Å²) in [5.74, 6) is -0.0730. The fourth-order valence-corrected chi connectivity index (χ4v) is 3.83. The minimum atomic E-state index is -4.48. The number of aryl methyl sites for hydroxylation is 3. The van der Waals surface area contributed by atoms with Crippen molar-refractivity contribution in [3.05, 3.63) is 52.5 Å². The number of halogens is 3. The van der Waals surface area contributed by atoms with Crippen molar-refractivity contribution in [1.29, 1.82) is 0 Å². The van der Waals surface area contributed by atoms with Crippen LogP contribution in [0.2, 0.25) is 0 Å². The van der Waals surface area contributed by atoms with Gasteiger partial charge in [0.1, 0.15) is 0 Å². The Morgan fingerprint density at radius 3 is 2.79 bits per heavy atom. The molecule has 4 rings (SSSR count). The Morgan fingerprint density at radius 1 is 1.29 bits per heavy atom. The Balaban J connectivity index is 1.47. The third kappa shape index (κ3) is 3.27. The Morgan fingerprint density at radius 2 is 2.07 bits per heavy atom. The maximum Gasteiger partial charge on any atom is 0.435 e. The largest absolute Gasteiger partial charge is 0.435 e. The summed E-state index contributed by atoms with van der Waals surface area (Å²) in [6.07, 6.45) is -3.61. The Hall–Kier alpha value is -2.77. The van der Waals surface area contributed by atoms with Crippen molar-refractivity contribution in [3.63, 3.8) is 0 Å². The van der Waals surface area contributed by atoms with Crippen molar-refractivity contribution in [1.82, 2.24) is 19.7 Å². The summed E-state index contributed by atoms with van der Waals surface area (Å²) in [5, 5.41) is 4.72. The lowest BCUT2D eigenvalue weighted by Gasteiger charge is -2.27. The molecule has 2 aromatic heterocycles. The molecule has 8 heteroatoms. The zero-order chi connectivity index (χ0) is 20.1. The first-order valence-corrected chi connectivity index (χ1v) is 9.22. The summed E-state index contributed by atoms with van der Waals surface area (Å²) in [7, 11) is 0. The molecule has 0 radical (unpaired) electrons. The molecule has 0 saturated heterocycles. The minimum absolute atomic E-state index is 0.0730. The maximum absolute atomic E-state index is 12.8. The summed E-state index contributed by atoms with van der Waals surface area (Å²) < 4.78 is 39.6. The van der Waals surface area contributed by atoms with Gasteiger partial charge in [-0.3, -0.25) is 9.48 Å². The van der Waals surface area contributed by atoms with E-state index >= 15 is 0 Å². The molecule has 3 aromatic rings. The second kappa shape index (κ2) is 6.68. The van der Waals surface area contributed by atoms with Crippen LogP contribution in [0.3, 0.4) is 0 Å². The monoisotopic (exact) mass is 390 g/mol. The molecule has 28 heavy (non-hydrogen) atoms. The van der Waals surface area contributed by atoms with Crippen LogP contribution in [0.15, 0.2) is 24.3 Å². The highest BCUT2D eigenvalue weighted by molar-refractivity contribution is 5.88. The molecule has 148 valence electrons. The summed E-state index contributed by atoms with van der Waals surface area (Å²) in [5.41, 5.74) is 4.04. The van der Waals surface area contributed by atoms with Crippen LogP contribution in [-0.2, 0) is 30.5 Å². The maximum atomic E-state index is 12.8. The zero-order valence-corrected chi connectivity index (χ0v) is 15.7. The summed E-state index contributed by atoms with van der Waals surface area (Å²) in [4.78, 5) is 17.9. The highest BCUT2D eigenvalue weighted by Crippen LogP contribution is 2.30. The number of rotatable bonds is 3. The van der Waals surface area contributed by atoms with E-state index < -0.39 is 11.9 Å². The SMILES string of the molecule is Cc1cccc2c3c([nH]c12)CCN(C(=O)CCn1nc(C(F)(F)F)cc1C)C3. The first kappa shape index (κ1) is 18.6. The predicted octanol–water partition coefficient (Wildman–Crippen LogP) is 3.98. The Labute approximate surface area is 160 Å². The lowest BCUT2D eigenvalue weighted by Crippen LogP contribution is -2.36. The van der Waals surface area contributed by atoms with Gasteiger partial charge in [-0.2, -0.15) is 18.3 Å². The van der Waals surface area contributed by atoms with E-state index in [4.69, 9.17) is 0 Å². The van der Waals surface area contributed by atoms with Gasteiger partial charge in [-0.1, -0.05) is 18.2 Å². The van der Waals surface area contributed by atoms with E-state index in [0.29, 0.717) is 18.8 Å². The molecule has 0 saturated carbocycles. The number of nitrogens with zero attached hydrogens (tertiary/aromatic N) is 3. The number of para-hydroxylation sites is 1. The minimum Gasteiger partial charge on any atom is -0.358 e. The van der Waals surface area contributed by atoms with Crippen LogP contribution in [0.25, 0.3) is 10.9 Å². The van der Waals surface area contributed by atoms with E-state index in [9.17, 15) is 18.0 Å². The highest BCUT2D eigenvalue weighted by Gasteiger charge is 2.34. The van der Waals surface area contributed by atoms with Gasteiger partial charge in [-0.25, -0.2) is 0 Å². The van der Waals surface area contributed by atoms with Gasteiger partial charge >= 0.3 is 6.18 Å². The third-order valence-corrected chi connectivity index (χ3v) is 5.38. The first-order chi connectivity index (χ1) is 13.2. The summed E-state index contributed by atoms with van der Waals surface area (Å²) in [6, 6.07) is 7.11. The number of carbonyl (C=O) groups is 1. The molecule has 0 atom stereocenters. The standard InChI is InChI=1S/C20H21F3N4O/c1-12-4-3-5-14-15-11-26(8-6-16(15)24-19(12)14)18(28)7-9-27-13(2)10-17(25-27)20(21,22)23/h3-5,10,24H,6-9,11H2,1-2H3. The van der Waals surface area contributed by atoms with Gasteiger partial charge in [0.2, 0.25) is 5.91 Å². The van der Waals surface area contributed by atoms with Crippen LogP contribution < -0.4 is 0 Å². The number of fused-ring (bicyclic) bond motifs is 3. The van der Waals surface area contributed by atoms with Gasteiger partial charge in [0.25, 0.3) is 0 Å². The van der Waals surface area contributed by atoms with E-state index in [0.717, 1.165) is 34.6 Å². The van der Waals surface area contributed by atoms with E-state index in [1.165, 1.54) is 10.2 Å². The number of nitrogens with one attached hydrogen (secondary N) is 1. The normalized spacial score (nSPS) is 14.5. The summed E-state index contributed by atoms with van der Waals surface area (Å²) in [6.45, 7) is 4.87. The van der Waals surface area contributed by atoms with E-state index in [-0.39, 0.29) is 18.9 Å². The fourth-order valence-electron chi connectivity index (χ4n) is 3.83. The topological polar surface area (TPSA) is 53.9 Å². The predicted molar refractivity (Wildman–Crippen MR) is 98.7 cm³/mol. The number of carbonyl (C=O) groups excluding carboxylic acids is 1. The molecule has 5 nitrogen and oxygen atoms in total. The van der Waals surface area contributed by atoms with E-state index in [1.54, 1.807) is 11.8 Å². The van der Waals surface area contributed by atoms with Crippen LogP contribution in [0.4, 0.5) is 13.2 Å². The molecule has 1 aliphatic heterocycles. The van der Waals surface area contributed by atoms with Crippen molar-refractivity contribution >= 4 is 16.8 Å². The number of hydrogen-bond acceptors (Lipinski definition) is 2. The fraction of sp³-hybridized carbons (Fsp3) is 0.400. The molecule has 0 bridgehead atoms. The van der Waals surface area contributed by atoms with Crippen molar-refractivity contribution in [2.75, 3.05) is 6.54 Å². The molecule has 1 aliphatic rings. The Kier molecular flexibility index (Phi) is 4.44. The number of aromatic nitrogens is 3. The number of hydrogen-bond donors (Lipinski definition) is 1. The number of alkyl halides is 3. The average Bonchev–Trinajstić information content (AvgIpc) is 3.20. The van der Waals surface area contributed by atoms with Gasteiger partial charge in [0.15, 0.2) is 5.69 Å². The zero-order valence-electron chi connectivity index (χ0n) is 15.7. The average molecular weight is 390 g/mol. The van der Waals surface area contributed by atoms with Crippen LogP contribution in [0.1, 0.15) is 34.6 Å². The number of amides is 1. The van der Waals surface area contributed by atoms with E-state index in [2.05, 4.69) is 29.1 Å². The lowest BCUT2D eigenvalue weighted by molar-refractivity contribution is -0.141. The van der Waals surface area contributed by atoms with Crippen molar-refractivity contribution in [3.8, 4) is 0 Å². The number of H-pyrrole nitrogens is 1. The van der Waals surface area contributed by atoms with Crippen molar-refractivity contribution < 1.29 is 18.0 Å². The number of aromatic amines is 1. The van der Waals surface area contributed by atoms with Gasteiger partial charge in [0.05, 0.1) is 0 Å². The molecular weight excluding hydrogens is 369 g/mol. The lowest BCUT2D eigenvalue weighted by atomic mass is 10.0. The Bertz CT molecular complexity index is 1050. The molecule has 0 unspecified atom stereocenters. The molecule has 0 aliphatic carbocycles. The van der Waals surface area contributed by atoms with Crippen molar-refractivity contribution in [2.45, 2.75) is 46.0 Å². The summed E-state index contributed by atoms with van der Waals surface area (Å²) >= 11 is 0. The molecule has 0 spiro atoms. The van der Waals surface area contributed by atoms with Crippen molar-refractivity contribution in [2.24, 2.45) is 0 Å². The first-order valence-electron chi connectivity index (χ1n) is 9.22. The second-order valence-corrected chi connectivity index (χ2v) is 7.29. The van der Waals surface area contributed by atoms with Crippen LogP contribution in [-0.4, -0.2) is 32.1 Å². The number of benzene rings is 1. The van der Waals surface area contributed by atoms with E-state index in [1.807, 2.05) is 6.07 Å². The highest BCUT2D eigenvalue weighted by atomic mass is 19.4. The molecule has 1 amide bonds. The van der Waals surface area contributed by atoms with Crippen LogP contribution >= 0.6 is 0 Å². The van der Waals surface area contributed by atoms with Crippen LogP contribution in [0.5, 0.6) is 0 Å². The van der Waals surface area contributed by atoms with Gasteiger partial charge in [0, 0.05) is 60.3 Å². The smallest absolute Gasteiger partial charge is 0.358 e. The molecule has 3 heterocycles. The van der Waals surface area contributed by atoms with Gasteiger partial charge < -0.3 is 9.88 Å². The molecule has 0 fully saturated rings. The molecular formula is C20H21F3N4O. The second-order valence-electron chi connectivity index (χ2n) is 7.29. The quantitative estimate of drug-likeness (QED) is 0.736. The molecule has 1 aromatic carbocycles.